The number of anilines is 2. The summed E-state index contributed by atoms with van der Waals surface area (Å²) in [5, 5.41) is 16.9. The molecule has 0 radical (unpaired) electrons. The maximum Gasteiger partial charge on any atom is 0.335 e. The molecule has 0 bridgehead atoms. The molecule has 0 saturated heterocycles. The number of carbonyl (C=O) groups excluding carboxylic acids is 3. The number of nitrogens with one attached hydrogen (secondary N) is 3. The van der Waals surface area contributed by atoms with Crippen LogP contribution in [-0.2, 0) is 9.59 Å². The largest absolute Gasteiger partial charge is 0.493 e. The van der Waals surface area contributed by atoms with Crippen molar-refractivity contribution < 1.29 is 33.8 Å². The fourth-order valence-corrected chi connectivity index (χ4v) is 4.97. The number of carbonyl (C=O) groups is 4. The van der Waals surface area contributed by atoms with Gasteiger partial charge >= 0.3 is 5.97 Å². The van der Waals surface area contributed by atoms with E-state index in [0.29, 0.717) is 34.0 Å². The summed E-state index contributed by atoms with van der Waals surface area (Å²) in [5.41, 5.74) is 1.93. The van der Waals surface area contributed by atoms with Crippen molar-refractivity contribution in [1.29, 1.82) is 0 Å². The van der Waals surface area contributed by atoms with E-state index in [-0.39, 0.29) is 17.2 Å². The average molecular weight is 626 g/mol. The second-order valence-corrected chi connectivity index (χ2v) is 11.0. The van der Waals surface area contributed by atoms with Gasteiger partial charge in [0.2, 0.25) is 5.91 Å². The first-order valence-corrected chi connectivity index (χ1v) is 14.6. The summed E-state index contributed by atoms with van der Waals surface area (Å²) in [7, 11) is 3.03. The Kier molecular flexibility index (Phi) is 11.0. The molecule has 0 aliphatic heterocycles. The van der Waals surface area contributed by atoms with Crippen LogP contribution in [0, 0.1) is 0 Å². The van der Waals surface area contributed by atoms with Crippen LogP contribution in [-0.4, -0.2) is 48.3 Å². The quantitative estimate of drug-likeness (QED) is 0.112. The number of hydrogen-bond donors (Lipinski definition) is 4. The van der Waals surface area contributed by atoms with Crippen molar-refractivity contribution in [2.75, 3.05) is 24.9 Å². The van der Waals surface area contributed by atoms with Gasteiger partial charge in [0, 0.05) is 21.8 Å². The van der Waals surface area contributed by atoms with Crippen LogP contribution in [0.2, 0.25) is 0 Å². The number of ether oxygens (including phenoxy) is 2. The van der Waals surface area contributed by atoms with Crippen LogP contribution >= 0.6 is 11.8 Å². The predicted octanol–water partition coefficient (Wildman–Crippen LogP) is 5.93. The van der Waals surface area contributed by atoms with E-state index in [9.17, 15) is 24.3 Å². The molecule has 1 unspecified atom stereocenters. The maximum absolute atomic E-state index is 13.4. The van der Waals surface area contributed by atoms with Crippen molar-refractivity contribution >= 4 is 52.9 Å². The number of benzene rings is 4. The smallest absolute Gasteiger partial charge is 0.335 e. The zero-order chi connectivity index (χ0) is 32.3. The molecule has 0 fully saturated rings. The lowest BCUT2D eigenvalue weighted by Gasteiger charge is -2.14. The van der Waals surface area contributed by atoms with Gasteiger partial charge in [-0.05, 0) is 85.3 Å². The van der Waals surface area contributed by atoms with Gasteiger partial charge in [-0.1, -0.05) is 30.3 Å². The zero-order valence-electron chi connectivity index (χ0n) is 24.7. The van der Waals surface area contributed by atoms with Crippen LogP contribution in [0.15, 0.2) is 108 Å². The molecule has 4 rings (SSSR count). The number of hydrogen-bond acceptors (Lipinski definition) is 7. The van der Waals surface area contributed by atoms with E-state index in [0.717, 1.165) is 4.90 Å². The molecule has 0 aliphatic rings. The first-order valence-electron chi connectivity index (χ1n) is 13.7. The topological polar surface area (TPSA) is 143 Å². The highest BCUT2D eigenvalue weighted by atomic mass is 32.2. The van der Waals surface area contributed by atoms with E-state index < -0.39 is 23.0 Å². The van der Waals surface area contributed by atoms with Gasteiger partial charge in [-0.3, -0.25) is 14.4 Å². The van der Waals surface area contributed by atoms with Crippen molar-refractivity contribution in [2.24, 2.45) is 0 Å². The lowest BCUT2D eigenvalue weighted by molar-refractivity contribution is -0.115. The summed E-state index contributed by atoms with van der Waals surface area (Å²) in [5.74, 6) is -1.39. The maximum atomic E-state index is 13.4. The lowest BCUT2D eigenvalue weighted by Crippen LogP contribution is -2.30. The van der Waals surface area contributed by atoms with Crippen LogP contribution in [0.4, 0.5) is 11.4 Å². The van der Waals surface area contributed by atoms with Crippen LogP contribution in [0.1, 0.15) is 33.2 Å². The van der Waals surface area contributed by atoms with E-state index in [2.05, 4.69) is 16.0 Å². The minimum Gasteiger partial charge on any atom is -0.493 e. The van der Waals surface area contributed by atoms with Crippen molar-refractivity contribution in [3.8, 4) is 11.5 Å². The summed E-state index contributed by atoms with van der Waals surface area (Å²) in [6, 6.07) is 26.6. The van der Waals surface area contributed by atoms with Crippen LogP contribution in [0.3, 0.4) is 0 Å². The van der Waals surface area contributed by atoms with E-state index in [1.54, 1.807) is 91.9 Å². The summed E-state index contributed by atoms with van der Waals surface area (Å²) in [6.45, 7) is 1.73. The Morgan fingerprint density at radius 1 is 0.756 bits per heavy atom. The summed E-state index contributed by atoms with van der Waals surface area (Å²) in [4.78, 5) is 51.0. The fourth-order valence-electron chi connectivity index (χ4n) is 4.10. The van der Waals surface area contributed by atoms with Crippen LogP contribution in [0.25, 0.3) is 6.08 Å². The molecule has 11 heteroatoms. The van der Waals surface area contributed by atoms with Gasteiger partial charge in [0.15, 0.2) is 11.5 Å². The molecule has 0 spiro atoms. The Hall–Kier alpha value is -5.55. The van der Waals surface area contributed by atoms with E-state index in [1.807, 2.05) is 0 Å². The van der Waals surface area contributed by atoms with Crippen molar-refractivity contribution in [3.63, 3.8) is 0 Å². The zero-order valence-corrected chi connectivity index (χ0v) is 25.5. The highest BCUT2D eigenvalue weighted by Crippen LogP contribution is 2.29. The van der Waals surface area contributed by atoms with E-state index >= 15 is 0 Å². The van der Waals surface area contributed by atoms with E-state index in [1.165, 1.54) is 44.2 Å². The minimum absolute atomic E-state index is 0.00628. The molecule has 0 saturated carbocycles. The standard InChI is InChI=1S/C34H31N3O7S/c1-21(31(38)36-26-11-7-10-24(20-26)34(41)42)45-27-15-13-25(14-16-27)35-33(40)28(37-32(39)23-8-5-4-6-9-23)18-22-12-17-29(43-2)30(19-22)44-3/h4-21H,1-3H3,(H,35,40)(H,36,38)(H,37,39)(H,41,42)/b28-18-. The Balaban J connectivity index is 1.46. The predicted molar refractivity (Wildman–Crippen MR) is 174 cm³/mol. The number of rotatable bonds is 12. The summed E-state index contributed by atoms with van der Waals surface area (Å²) < 4.78 is 10.7. The van der Waals surface area contributed by atoms with Crippen LogP contribution < -0.4 is 25.4 Å². The Morgan fingerprint density at radius 3 is 2.11 bits per heavy atom. The summed E-state index contributed by atoms with van der Waals surface area (Å²) in [6.07, 6.45) is 1.54. The van der Waals surface area contributed by atoms with Gasteiger partial charge in [-0.25, -0.2) is 4.79 Å². The molecule has 230 valence electrons. The number of methoxy groups -OCH3 is 2. The Labute approximate surface area is 264 Å². The number of amides is 3. The SMILES string of the molecule is COc1ccc(/C=C(\NC(=O)c2ccccc2)C(=O)Nc2ccc(SC(C)C(=O)Nc3cccc(C(=O)O)c3)cc2)cc1OC. The van der Waals surface area contributed by atoms with Gasteiger partial charge in [0.1, 0.15) is 5.70 Å². The fraction of sp³-hybridized carbons (Fsp3) is 0.118. The minimum atomic E-state index is -1.08. The third-order valence-electron chi connectivity index (χ3n) is 6.42. The molecule has 4 aromatic rings. The van der Waals surface area contributed by atoms with Crippen molar-refractivity contribution in [3.05, 3.63) is 119 Å². The molecular weight excluding hydrogens is 594 g/mol. The number of carboxylic acids is 1. The Morgan fingerprint density at radius 2 is 1.44 bits per heavy atom. The molecule has 0 heterocycles. The molecule has 0 aliphatic carbocycles. The highest BCUT2D eigenvalue weighted by molar-refractivity contribution is 8.00. The highest BCUT2D eigenvalue weighted by Gasteiger charge is 2.18. The second-order valence-electron chi connectivity index (χ2n) is 9.61. The molecule has 3 amide bonds. The monoisotopic (exact) mass is 625 g/mol. The van der Waals surface area contributed by atoms with Gasteiger partial charge < -0.3 is 30.5 Å². The third-order valence-corrected chi connectivity index (χ3v) is 7.53. The summed E-state index contributed by atoms with van der Waals surface area (Å²) >= 11 is 1.30. The Bertz CT molecular complexity index is 1720. The first kappa shape index (κ1) is 32.4. The second kappa shape index (κ2) is 15.3. The molecular formula is C34H31N3O7S. The third kappa shape index (κ3) is 8.97. The van der Waals surface area contributed by atoms with Crippen molar-refractivity contribution in [2.45, 2.75) is 17.1 Å². The van der Waals surface area contributed by atoms with Gasteiger partial charge in [-0.2, -0.15) is 0 Å². The van der Waals surface area contributed by atoms with Gasteiger partial charge in [0.05, 0.1) is 25.0 Å². The number of carboxylic acid groups (broad SMARTS) is 1. The molecule has 45 heavy (non-hydrogen) atoms. The van der Waals surface area contributed by atoms with Gasteiger partial charge in [0.25, 0.3) is 11.8 Å². The molecule has 4 N–H and O–H groups in total. The normalized spacial score (nSPS) is 11.6. The number of thioether (sulfide) groups is 1. The number of aromatic carboxylic acids is 1. The first-order chi connectivity index (χ1) is 21.7. The van der Waals surface area contributed by atoms with Crippen molar-refractivity contribution in [1.82, 2.24) is 5.32 Å². The molecule has 10 nitrogen and oxygen atoms in total. The average Bonchev–Trinajstić information content (AvgIpc) is 3.05. The molecule has 1 atom stereocenters. The lowest BCUT2D eigenvalue weighted by atomic mass is 10.1. The molecule has 0 aromatic heterocycles. The van der Waals surface area contributed by atoms with E-state index in [4.69, 9.17) is 9.47 Å². The van der Waals surface area contributed by atoms with Crippen LogP contribution in [0.5, 0.6) is 11.5 Å². The molecule has 4 aromatic carbocycles. The van der Waals surface area contributed by atoms with Gasteiger partial charge in [-0.15, -0.1) is 11.8 Å².